The average Bonchev–Trinajstić information content (AvgIpc) is 2.50. The molecule has 0 saturated carbocycles. The molecule has 1 aliphatic heterocycles. The predicted molar refractivity (Wildman–Crippen MR) is 61.6 cm³/mol. The summed E-state index contributed by atoms with van der Waals surface area (Å²) < 4.78 is 39.3. The second-order valence-corrected chi connectivity index (χ2v) is 4.85. The van der Waals surface area contributed by atoms with Gasteiger partial charge < -0.3 is 0 Å². The highest BCUT2D eigenvalue weighted by Crippen LogP contribution is 2.27. The number of halogens is 4. The Morgan fingerprint density at radius 3 is 2.76 bits per heavy atom. The van der Waals surface area contributed by atoms with Crippen molar-refractivity contribution in [2.24, 2.45) is 0 Å². The number of carbonyl (C=O) groups is 1. The fourth-order valence-corrected chi connectivity index (χ4v) is 2.77. The molecule has 2 rings (SSSR count). The van der Waals surface area contributed by atoms with E-state index in [-0.39, 0.29) is 18.9 Å². The van der Waals surface area contributed by atoms with Crippen molar-refractivity contribution in [1.82, 2.24) is 15.1 Å². The molecule has 0 spiro atoms. The molecule has 4 nitrogen and oxygen atoms in total. The third-order valence-electron chi connectivity index (χ3n) is 2.63. The number of hydrogen-bond acceptors (Lipinski definition) is 3. The number of fused-ring (bicyclic) bond motifs is 1. The minimum Gasteiger partial charge on any atom is -0.299 e. The van der Waals surface area contributed by atoms with Crippen LogP contribution in [0.2, 0.25) is 0 Å². The zero-order chi connectivity index (χ0) is 12.8. The maximum atomic E-state index is 12.5. The lowest BCUT2D eigenvalue weighted by molar-refractivity contribution is -0.162. The Bertz CT molecular complexity index is 469. The quantitative estimate of drug-likeness (QED) is 0.614. The molecule has 0 bridgehead atoms. The van der Waals surface area contributed by atoms with Crippen LogP contribution >= 0.6 is 22.6 Å². The van der Waals surface area contributed by atoms with E-state index >= 15 is 0 Å². The van der Waals surface area contributed by atoms with Crippen molar-refractivity contribution in [2.45, 2.75) is 32.2 Å². The zero-order valence-corrected chi connectivity index (χ0v) is 11.0. The molecule has 0 aliphatic carbocycles. The maximum Gasteiger partial charge on any atom is 0.405 e. The minimum atomic E-state index is -4.30. The Morgan fingerprint density at radius 1 is 1.59 bits per heavy atom. The first-order valence-corrected chi connectivity index (χ1v) is 5.94. The molecule has 1 unspecified atom stereocenters. The van der Waals surface area contributed by atoms with Gasteiger partial charge in [0.2, 0.25) is 0 Å². The van der Waals surface area contributed by atoms with Gasteiger partial charge >= 0.3 is 6.18 Å². The summed E-state index contributed by atoms with van der Waals surface area (Å²) in [4.78, 5) is 11.4. The van der Waals surface area contributed by atoms with E-state index < -0.39 is 12.2 Å². The van der Waals surface area contributed by atoms with Crippen LogP contribution in [0.5, 0.6) is 0 Å². The molecule has 1 N–H and O–H groups in total. The van der Waals surface area contributed by atoms with Crippen molar-refractivity contribution in [2.75, 3.05) is 0 Å². The first-order valence-electron chi connectivity index (χ1n) is 4.87. The van der Waals surface area contributed by atoms with Crippen LogP contribution in [-0.4, -0.2) is 27.8 Å². The minimum absolute atomic E-state index is 0.00902. The Hall–Kier alpha value is -0.640. The summed E-state index contributed by atoms with van der Waals surface area (Å²) in [5.41, 5.74) is 0.945. The van der Waals surface area contributed by atoms with Crippen LogP contribution in [0.1, 0.15) is 23.0 Å². The van der Waals surface area contributed by atoms with Crippen LogP contribution in [0, 0.1) is 3.70 Å². The fraction of sp³-hybridized carbons (Fsp3) is 0.556. The standard InChI is InChI=1S/C9H9F3IN3O/c1-4(17)7-5-2-14-6(9(10,11)12)3-16(5)15-8(7)13/h6,14H,2-3H2,1H3. The van der Waals surface area contributed by atoms with Gasteiger partial charge in [-0.1, -0.05) is 0 Å². The van der Waals surface area contributed by atoms with Gasteiger partial charge in [-0.3, -0.25) is 14.8 Å². The van der Waals surface area contributed by atoms with Crippen molar-refractivity contribution in [1.29, 1.82) is 0 Å². The third-order valence-corrected chi connectivity index (χ3v) is 3.39. The topological polar surface area (TPSA) is 46.9 Å². The lowest BCUT2D eigenvalue weighted by Crippen LogP contribution is -2.48. The zero-order valence-electron chi connectivity index (χ0n) is 8.81. The number of alkyl halides is 3. The lowest BCUT2D eigenvalue weighted by Gasteiger charge is -2.27. The average molecular weight is 359 g/mol. The fourth-order valence-electron chi connectivity index (χ4n) is 1.82. The summed E-state index contributed by atoms with van der Waals surface area (Å²) in [7, 11) is 0. The maximum absolute atomic E-state index is 12.5. The molecule has 1 atom stereocenters. The highest BCUT2D eigenvalue weighted by Gasteiger charge is 2.42. The number of rotatable bonds is 1. The second-order valence-electron chi connectivity index (χ2n) is 3.83. The molecule has 94 valence electrons. The van der Waals surface area contributed by atoms with Crippen LogP contribution in [0.25, 0.3) is 0 Å². The Labute approximate surface area is 109 Å². The molecule has 1 aromatic rings. The summed E-state index contributed by atoms with van der Waals surface area (Å²) >= 11 is 1.86. The highest BCUT2D eigenvalue weighted by molar-refractivity contribution is 14.1. The van der Waals surface area contributed by atoms with Crippen molar-refractivity contribution in [3.8, 4) is 0 Å². The van der Waals surface area contributed by atoms with Crippen LogP contribution in [0.15, 0.2) is 0 Å². The van der Waals surface area contributed by atoms with Gasteiger partial charge in [0.15, 0.2) is 5.78 Å². The van der Waals surface area contributed by atoms with Gasteiger partial charge in [0, 0.05) is 6.54 Å². The largest absolute Gasteiger partial charge is 0.405 e. The monoisotopic (exact) mass is 359 g/mol. The normalized spacial score (nSPS) is 20.2. The Morgan fingerprint density at radius 2 is 2.24 bits per heavy atom. The third kappa shape index (κ3) is 2.32. The highest BCUT2D eigenvalue weighted by atomic mass is 127. The molecule has 1 aliphatic rings. The molecular formula is C9H9F3IN3O. The number of nitrogens with zero attached hydrogens (tertiary/aromatic N) is 2. The van der Waals surface area contributed by atoms with E-state index in [1.165, 1.54) is 11.6 Å². The van der Waals surface area contributed by atoms with Crippen LogP contribution in [-0.2, 0) is 13.1 Å². The number of Topliss-reactive ketones (excluding diaryl/α,β-unsaturated/α-hetero) is 1. The van der Waals surface area contributed by atoms with E-state index in [4.69, 9.17) is 0 Å². The first kappa shape index (κ1) is 12.8. The van der Waals surface area contributed by atoms with Gasteiger partial charge in [-0.25, -0.2) is 0 Å². The molecule has 17 heavy (non-hydrogen) atoms. The van der Waals surface area contributed by atoms with E-state index in [1.54, 1.807) is 0 Å². The van der Waals surface area contributed by atoms with E-state index in [9.17, 15) is 18.0 Å². The van der Waals surface area contributed by atoms with Crippen LogP contribution in [0.3, 0.4) is 0 Å². The van der Waals surface area contributed by atoms with Gasteiger partial charge in [0.1, 0.15) is 9.74 Å². The van der Waals surface area contributed by atoms with E-state index in [0.29, 0.717) is 15.0 Å². The summed E-state index contributed by atoms with van der Waals surface area (Å²) in [5, 5.41) is 6.36. The number of ketones is 1. The van der Waals surface area contributed by atoms with Crippen molar-refractivity contribution < 1.29 is 18.0 Å². The van der Waals surface area contributed by atoms with Crippen molar-refractivity contribution in [3.05, 3.63) is 15.0 Å². The smallest absolute Gasteiger partial charge is 0.299 e. The SMILES string of the molecule is CC(=O)c1c(I)nn2c1CNC(C(F)(F)F)C2. The van der Waals surface area contributed by atoms with E-state index in [2.05, 4.69) is 10.4 Å². The van der Waals surface area contributed by atoms with Crippen molar-refractivity contribution in [3.63, 3.8) is 0 Å². The van der Waals surface area contributed by atoms with Gasteiger partial charge in [-0.05, 0) is 29.5 Å². The number of aromatic nitrogens is 2. The molecule has 0 aromatic carbocycles. The van der Waals surface area contributed by atoms with Gasteiger partial charge in [0.05, 0.1) is 17.8 Å². The molecule has 2 heterocycles. The number of carbonyl (C=O) groups excluding carboxylic acids is 1. The summed E-state index contributed by atoms with van der Waals surface area (Å²) in [6.07, 6.45) is -4.30. The van der Waals surface area contributed by atoms with E-state index in [1.807, 2.05) is 22.6 Å². The van der Waals surface area contributed by atoms with Crippen molar-refractivity contribution >= 4 is 28.4 Å². The molecule has 8 heteroatoms. The van der Waals surface area contributed by atoms with E-state index in [0.717, 1.165) is 0 Å². The molecular weight excluding hydrogens is 350 g/mol. The van der Waals surface area contributed by atoms with Crippen LogP contribution in [0.4, 0.5) is 13.2 Å². The summed E-state index contributed by atoms with van der Waals surface area (Å²) in [5.74, 6) is -0.178. The van der Waals surface area contributed by atoms with Gasteiger partial charge in [-0.2, -0.15) is 18.3 Å². The first-order chi connectivity index (χ1) is 7.80. The lowest BCUT2D eigenvalue weighted by atomic mass is 10.1. The Kier molecular flexibility index (Phi) is 3.19. The van der Waals surface area contributed by atoms with Gasteiger partial charge in [0.25, 0.3) is 0 Å². The molecule has 0 saturated heterocycles. The molecule has 1 aromatic heterocycles. The molecule has 0 amide bonds. The van der Waals surface area contributed by atoms with Gasteiger partial charge in [-0.15, -0.1) is 0 Å². The Balaban J connectivity index is 2.35. The number of nitrogens with one attached hydrogen (secondary N) is 1. The molecule has 0 radical (unpaired) electrons. The second kappa shape index (κ2) is 4.23. The predicted octanol–water partition coefficient (Wildman–Crippen LogP) is 1.72. The summed E-state index contributed by atoms with van der Waals surface area (Å²) in [6.45, 7) is 1.10. The number of hydrogen-bond donors (Lipinski definition) is 1. The molecule has 0 fully saturated rings. The van der Waals surface area contributed by atoms with Crippen LogP contribution < -0.4 is 5.32 Å². The summed E-state index contributed by atoms with van der Waals surface area (Å²) in [6, 6.07) is -1.61.